The summed E-state index contributed by atoms with van der Waals surface area (Å²) in [5, 5.41) is 8.77. The van der Waals surface area contributed by atoms with Gasteiger partial charge in [-0.1, -0.05) is 12.1 Å². The van der Waals surface area contributed by atoms with Gasteiger partial charge in [-0.15, -0.1) is 0 Å². The number of halogens is 1. The third kappa shape index (κ3) is 2.80. The predicted octanol–water partition coefficient (Wildman–Crippen LogP) is 2.26. The molecule has 0 atom stereocenters. The van der Waals surface area contributed by atoms with E-state index in [9.17, 15) is 4.39 Å². The Balaban J connectivity index is 1.79. The van der Waals surface area contributed by atoms with Crippen LogP contribution in [0.25, 0.3) is 0 Å². The van der Waals surface area contributed by atoms with Gasteiger partial charge in [0.05, 0.1) is 25.8 Å². The lowest BCUT2D eigenvalue weighted by Crippen LogP contribution is -2.44. The Labute approximate surface area is 124 Å². The number of piperidine rings is 1. The maximum Gasteiger partial charge on any atom is 0.197 e. The van der Waals surface area contributed by atoms with Crippen LogP contribution in [0.2, 0.25) is 0 Å². The summed E-state index contributed by atoms with van der Waals surface area (Å²) in [4.78, 5) is 2.14. The summed E-state index contributed by atoms with van der Waals surface area (Å²) in [7, 11) is 0. The van der Waals surface area contributed by atoms with Gasteiger partial charge in [-0.2, -0.15) is 5.26 Å². The molecule has 1 aromatic carbocycles. The molecule has 0 aromatic heterocycles. The van der Waals surface area contributed by atoms with E-state index in [1.807, 2.05) is 0 Å². The molecular formula is C16H19FN2O2. The zero-order chi connectivity index (χ0) is 14.7. The first kappa shape index (κ1) is 14.5. The average molecular weight is 290 g/mol. The molecule has 1 aromatic rings. The Kier molecular flexibility index (Phi) is 4.20. The number of nitriles is 1. The van der Waals surface area contributed by atoms with E-state index in [0.29, 0.717) is 19.8 Å². The number of nitrogens with zero attached hydrogens (tertiary/aromatic N) is 2. The highest BCUT2D eigenvalue weighted by Crippen LogP contribution is 2.43. The van der Waals surface area contributed by atoms with Gasteiger partial charge in [0.15, 0.2) is 5.79 Å². The molecule has 112 valence electrons. The average Bonchev–Trinajstić information content (AvgIpc) is 3.00. The second-order valence-corrected chi connectivity index (χ2v) is 5.58. The summed E-state index contributed by atoms with van der Waals surface area (Å²) in [6.07, 6.45) is 1.83. The minimum Gasteiger partial charge on any atom is -0.343 e. The lowest BCUT2D eigenvalue weighted by molar-refractivity contribution is -0.214. The topological polar surface area (TPSA) is 45.5 Å². The molecule has 3 rings (SSSR count). The minimum absolute atomic E-state index is 0.236. The first-order chi connectivity index (χ1) is 10.2. The lowest BCUT2D eigenvalue weighted by Gasteiger charge is -2.40. The Morgan fingerprint density at radius 1 is 1.19 bits per heavy atom. The van der Waals surface area contributed by atoms with Crippen molar-refractivity contribution in [1.82, 2.24) is 4.90 Å². The maximum absolute atomic E-state index is 13.2. The molecule has 21 heavy (non-hydrogen) atoms. The maximum atomic E-state index is 13.2. The van der Waals surface area contributed by atoms with Crippen LogP contribution in [-0.2, 0) is 15.3 Å². The summed E-state index contributed by atoms with van der Waals surface area (Å²) in [5.41, 5.74) is 0.889. The first-order valence-electron chi connectivity index (χ1n) is 7.38. The molecule has 2 saturated heterocycles. The van der Waals surface area contributed by atoms with Crippen LogP contribution in [0.1, 0.15) is 18.4 Å². The fourth-order valence-electron chi connectivity index (χ4n) is 3.32. The number of likely N-dealkylation sites (tertiary alicyclic amines) is 1. The zero-order valence-corrected chi connectivity index (χ0v) is 11.9. The molecule has 0 amide bonds. The molecule has 0 spiro atoms. The van der Waals surface area contributed by atoms with Crippen molar-refractivity contribution >= 4 is 0 Å². The Morgan fingerprint density at radius 3 is 2.38 bits per heavy atom. The molecule has 0 saturated carbocycles. The molecule has 2 aliphatic heterocycles. The highest BCUT2D eigenvalue weighted by molar-refractivity contribution is 5.23. The van der Waals surface area contributed by atoms with E-state index in [1.165, 1.54) is 12.1 Å². The van der Waals surface area contributed by atoms with Gasteiger partial charge < -0.3 is 9.47 Å². The lowest BCUT2D eigenvalue weighted by atomic mass is 9.84. The first-order valence-corrected chi connectivity index (χ1v) is 7.38. The van der Waals surface area contributed by atoms with Gasteiger partial charge in [-0.05, 0) is 38.1 Å². The van der Waals surface area contributed by atoms with Gasteiger partial charge in [0.1, 0.15) is 5.82 Å². The van der Waals surface area contributed by atoms with Crippen molar-refractivity contribution in [3.8, 4) is 6.07 Å². The van der Waals surface area contributed by atoms with E-state index in [1.54, 1.807) is 12.1 Å². The van der Waals surface area contributed by atoms with E-state index in [-0.39, 0.29) is 11.7 Å². The van der Waals surface area contributed by atoms with Crippen LogP contribution in [0.15, 0.2) is 24.3 Å². The van der Waals surface area contributed by atoms with Crippen LogP contribution >= 0.6 is 0 Å². The van der Waals surface area contributed by atoms with Gasteiger partial charge in [-0.25, -0.2) is 4.39 Å². The molecule has 5 heteroatoms. The molecule has 2 aliphatic rings. The third-order valence-electron chi connectivity index (χ3n) is 4.38. The predicted molar refractivity (Wildman–Crippen MR) is 74.8 cm³/mol. The van der Waals surface area contributed by atoms with E-state index in [4.69, 9.17) is 14.7 Å². The number of ether oxygens (including phenoxy) is 2. The van der Waals surface area contributed by atoms with Crippen LogP contribution in [0, 0.1) is 23.1 Å². The second-order valence-electron chi connectivity index (χ2n) is 5.58. The smallest absolute Gasteiger partial charge is 0.197 e. The minimum atomic E-state index is -0.744. The van der Waals surface area contributed by atoms with Crippen LogP contribution in [0.5, 0.6) is 0 Å². The van der Waals surface area contributed by atoms with Crippen LogP contribution in [0.4, 0.5) is 4.39 Å². The molecule has 2 fully saturated rings. The van der Waals surface area contributed by atoms with Crippen molar-refractivity contribution in [3.63, 3.8) is 0 Å². The van der Waals surface area contributed by atoms with Gasteiger partial charge in [0.2, 0.25) is 0 Å². The summed E-state index contributed by atoms with van der Waals surface area (Å²) < 4.78 is 25.1. The van der Waals surface area contributed by atoms with Gasteiger partial charge in [0, 0.05) is 11.5 Å². The summed E-state index contributed by atoms with van der Waals surface area (Å²) >= 11 is 0. The van der Waals surface area contributed by atoms with Crippen molar-refractivity contribution < 1.29 is 13.9 Å². The molecular weight excluding hydrogens is 271 g/mol. The van der Waals surface area contributed by atoms with Crippen LogP contribution in [-0.4, -0.2) is 37.7 Å². The largest absolute Gasteiger partial charge is 0.343 e. The SMILES string of the molecule is N#CCN1CCC(C2(c3ccc(F)cc3)OCCO2)CC1. The molecule has 0 unspecified atom stereocenters. The fourth-order valence-corrected chi connectivity index (χ4v) is 3.32. The molecule has 2 heterocycles. The number of hydrogen-bond donors (Lipinski definition) is 0. The Bertz CT molecular complexity index is 512. The van der Waals surface area contributed by atoms with Gasteiger partial charge in [0.25, 0.3) is 0 Å². The second kappa shape index (κ2) is 6.10. The number of rotatable bonds is 3. The van der Waals surface area contributed by atoms with E-state index in [0.717, 1.165) is 31.5 Å². The molecule has 0 bridgehead atoms. The Hall–Kier alpha value is -1.48. The molecule has 0 N–H and O–H groups in total. The van der Waals surface area contributed by atoms with Crippen molar-refractivity contribution in [2.75, 3.05) is 32.8 Å². The summed E-state index contributed by atoms with van der Waals surface area (Å²) in [6, 6.07) is 8.60. The normalized spacial score (nSPS) is 23.0. The van der Waals surface area contributed by atoms with Crippen molar-refractivity contribution in [2.24, 2.45) is 5.92 Å². The van der Waals surface area contributed by atoms with Crippen LogP contribution < -0.4 is 0 Å². The van der Waals surface area contributed by atoms with Crippen molar-refractivity contribution in [2.45, 2.75) is 18.6 Å². The Morgan fingerprint density at radius 2 is 1.81 bits per heavy atom. The van der Waals surface area contributed by atoms with Gasteiger partial charge in [-0.3, -0.25) is 4.90 Å². The number of hydrogen-bond acceptors (Lipinski definition) is 4. The standard InChI is InChI=1S/C16H19FN2O2/c17-15-3-1-13(2-4-15)16(20-11-12-21-16)14-5-8-19(9-6-14)10-7-18/h1-4,14H,5-6,8-12H2. The molecule has 0 radical (unpaired) electrons. The fraction of sp³-hybridized carbons (Fsp3) is 0.562. The quantitative estimate of drug-likeness (QED) is 0.801. The highest BCUT2D eigenvalue weighted by Gasteiger charge is 2.46. The number of benzene rings is 1. The van der Waals surface area contributed by atoms with E-state index >= 15 is 0 Å². The highest BCUT2D eigenvalue weighted by atomic mass is 19.1. The van der Waals surface area contributed by atoms with E-state index in [2.05, 4.69) is 11.0 Å². The van der Waals surface area contributed by atoms with Gasteiger partial charge >= 0.3 is 0 Å². The van der Waals surface area contributed by atoms with Crippen molar-refractivity contribution in [3.05, 3.63) is 35.6 Å². The summed E-state index contributed by atoms with van der Waals surface area (Å²) in [5.74, 6) is -0.761. The molecule has 4 nitrogen and oxygen atoms in total. The molecule has 0 aliphatic carbocycles. The van der Waals surface area contributed by atoms with Crippen LogP contribution in [0.3, 0.4) is 0 Å². The van der Waals surface area contributed by atoms with Crippen molar-refractivity contribution in [1.29, 1.82) is 5.26 Å². The summed E-state index contributed by atoms with van der Waals surface area (Å²) in [6.45, 7) is 3.34. The zero-order valence-electron chi connectivity index (χ0n) is 11.9. The monoisotopic (exact) mass is 290 g/mol. The van der Waals surface area contributed by atoms with E-state index < -0.39 is 5.79 Å². The third-order valence-corrected chi connectivity index (χ3v) is 4.38.